The first-order chi connectivity index (χ1) is 7.61. The molecule has 0 amide bonds. The molecule has 0 bridgehead atoms. The van der Waals surface area contributed by atoms with Gasteiger partial charge < -0.3 is 4.90 Å². The summed E-state index contributed by atoms with van der Waals surface area (Å²) < 4.78 is 0. The minimum Gasteiger partial charge on any atom is -0.368 e. The van der Waals surface area contributed by atoms with Crippen molar-refractivity contribution in [3.63, 3.8) is 0 Å². The van der Waals surface area contributed by atoms with Crippen LogP contribution in [-0.4, -0.2) is 12.6 Å². The number of nitrogens with zero attached hydrogens (tertiary/aromatic N) is 2. The highest BCUT2D eigenvalue weighted by Crippen LogP contribution is 2.28. The van der Waals surface area contributed by atoms with Crippen LogP contribution in [0.15, 0.2) is 18.2 Å². The van der Waals surface area contributed by atoms with Crippen molar-refractivity contribution < 1.29 is 0 Å². The average Bonchev–Trinajstić information content (AvgIpc) is 2.25. The van der Waals surface area contributed by atoms with Gasteiger partial charge >= 0.3 is 0 Å². The van der Waals surface area contributed by atoms with Crippen LogP contribution < -0.4 is 4.90 Å². The molecule has 0 fully saturated rings. The van der Waals surface area contributed by atoms with Crippen molar-refractivity contribution >= 4 is 17.3 Å². The van der Waals surface area contributed by atoms with Gasteiger partial charge in [0.15, 0.2) is 0 Å². The Kier molecular flexibility index (Phi) is 4.64. The second-order valence-corrected chi connectivity index (χ2v) is 4.44. The Labute approximate surface area is 102 Å². The van der Waals surface area contributed by atoms with Gasteiger partial charge in [0, 0.05) is 12.6 Å². The summed E-state index contributed by atoms with van der Waals surface area (Å²) in [5.41, 5.74) is 1.51. The van der Waals surface area contributed by atoms with E-state index in [0.29, 0.717) is 16.6 Å². The van der Waals surface area contributed by atoms with Crippen LogP contribution in [-0.2, 0) is 0 Å². The van der Waals surface area contributed by atoms with Gasteiger partial charge in [-0.3, -0.25) is 0 Å². The number of anilines is 1. The van der Waals surface area contributed by atoms with Crippen molar-refractivity contribution in [1.29, 1.82) is 5.26 Å². The highest BCUT2D eigenvalue weighted by atomic mass is 35.5. The SMILES string of the molecule is CCCN(c1cccc(Cl)c1C#N)C(C)C. The van der Waals surface area contributed by atoms with Crippen LogP contribution in [0.1, 0.15) is 32.8 Å². The Morgan fingerprint density at radius 1 is 1.44 bits per heavy atom. The van der Waals surface area contributed by atoms with Crippen molar-refractivity contribution in [2.24, 2.45) is 0 Å². The zero-order valence-electron chi connectivity index (χ0n) is 10.00. The molecular formula is C13H17ClN2. The maximum Gasteiger partial charge on any atom is 0.103 e. The quantitative estimate of drug-likeness (QED) is 0.794. The average molecular weight is 237 g/mol. The molecular weight excluding hydrogens is 220 g/mol. The summed E-state index contributed by atoms with van der Waals surface area (Å²) in [5, 5.41) is 9.67. The number of benzene rings is 1. The predicted octanol–water partition coefficient (Wildman–Crippen LogP) is 3.84. The van der Waals surface area contributed by atoms with Crippen LogP contribution in [0.3, 0.4) is 0 Å². The second-order valence-electron chi connectivity index (χ2n) is 4.03. The standard InChI is InChI=1S/C13H17ClN2/c1-4-8-16(10(2)3)13-7-5-6-12(14)11(13)9-15/h5-7,10H,4,8H2,1-3H3. The molecule has 2 nitrogen and oxygen atoms in total. The molecule has 0 N–H and O–H groups in total. The summed E-state index contributed by atoms with van der Waals surface area (Å²) >= 11 is 6.03. The lowest BCUT2D eigenvalue weighted by Gasteiger charge is -2.29. The first-order valence-electron chi connectivity index (χ1n) is 5.57. The van der Waals surface area contributed by atoms with E-state index in [0.717, 1.165) is 18.7 Å². The van der Waals surface area contributed by atoms with E-state index in [1.165, 1.54) is 0 Å². The Morgan fingerprint density at radius 3 is 2.62 bits per heavy atom. The highest BCUT2D eigenvalue weighted by molar-refractivity contribution is 6.32. The molecule has 0 heterocycles. The van der Waals surface area contributed by atoms with Gasteiger partial charge in [0.2, 0.25) is 0 Å². The molecule has 0 aliphatic heterocycles. The van der Waals surface area contributed by atoms with Gasteiger partial charge in [-0.25, -0.2) is 0 Å². The second kappa shape index (κ2) is 5.77. The molecule has 1 aromatic rings. The lowest BCUT2D eigenvalue weighted by Crippen LogP contribution is -2.32. The van der Waals surface area contributed by atoms with E-state index in [4.69, 9.17) is 16.9 Å². The summed E-state index contributed by atoms with van der Waals surface area (Å²) in [6.45, 7) is 7.31. The predicted molar refractivity (Wildman–Crippen MR) is 68.9 cm³/mol. The van der Waals surface area contributed by atoms with Crippen molar-refractivity contribution in [2.75, 3.05) is 11.4 Å². The molecule has 3 heteroatoms. The molecule has 0 unspecified atom stereocenters. The van der Waals surface area contributed by atoms with Gasteiger partial charge in [0.25, 0.3) is 0 Å². The molecule has 1 aromatic carbocycles. The van der Waals surface area contributed by atoms with Gasteiger partial charge in [0.1, 0.15) is 6.07 Å². The molecule has 0 saturated heterocycles. The molecule has 0 atom stereocenters. The van der Waals surface area contributed by atoms with Crippen molar-refractivity contribution in [2.45, 2.75) is 33.2 Å². The zero-order valence-corrected chi connectivity index (χ0v) is 10.8. The number of hydrogen-bond acceptors (Lipinski definition) is 2. The van der Waals surface area contributed by atoms with E-state index in [1.54, 1.807) is 6.07 Å². The Bertz CT molecular complexity index is 393. The van der Waals surface area contributed by atoms with Crippen LogP contribution in [0.5, 0.6) is 0 Å². The minimum atomic E-state index is 0.366. The van der Waals surface area contributed by atoms with Crippen LogP contribution >= 0.6 is 11.6 Å². The van der Waals surface area contributed by atoms with Gasteiger partial charge in [-0.15, -0.1) is 0 Å². The largest absolute Gasteiger partial charge is 0.368 e. The molecule has 16 heavy (non-hydrogen) atoms. The summed E-state index contributed by atoms with van der Waals surface area (Å²) in [6, 6.07) is 8.16. The van der Waals surface area contributed by atoms with E-state index in [9.17, 15) is 0 Å². The first-order valence-corrected chi connectivity index (χ1v) is 5.94. The van der Waals surface area contributed by atoms with Crippen LogP contribution in [0.2, 0.25) is 5.02 Å². The van der Waals surface area contributed by atoms with Crippen LogP contribution in [0, 0.1) is 11.3 Å². The number of hydrogen-bond donors (Lipinski definition) is 0. The van der Waals surface area contributed by atoms with Crippen molar-refractivity contribution in [3.05, 3.63) is 28.8 Å². The third-order valence-electron chi connectivity index (χ3n) is 2.50. The van der Waals surface area contributed by atoms with E-state index >= 15 is 0 Å². The molecule has 0 saturated carbocycles. The van der Waals surface area contributed by atoms with E-state index in [2.05, 4.69) is 31.7 Å². The summed E-state index contributed by atoms with van der Waals surface area (Å²) in [4.78, 5) is 2.21. The zero-order chi connectivity index (χ0) is 12.1. The smallest absolute Gasteiger partial charge is 0.103 e. The lowest BCUT2D eigenvalue weighted by atomic mass is 10.1. The maximum absolute atomic E-state index is 9.14. The number of halogens is 1. The fourth-order valence-corrected chi connectivity index (χ4v) is 1.97. The summed E-state index contributed by atoms with van der Waals surface area (Å²) in [5.74, 6) is 0. The number of rotatable bonds is 4. The molecule has 1 rings (SSSR count). The van der Waals surface area contributed by atoms with Crippen LogP contribution in [0.4, 0.5) is 5.69 Å². The fourth-order valence-electron chi connectivity index (χ4n) is 1.76. The Balaban J connectivity index is 3.19. The Hall–Kier alpha value is -1.20. The first kappa shape index (κ1) is 12.9. The third kappa shape index (κ3) is 2.68. The highest BCUT2D eigenvalue weighted by Gasteiger charge is 2.15. The molecule has 0 spiro atoms. The maximum atomic E-state index is 9.14. The monoisotopic (exact) mass is 236 g/mol. The molecule has 86 valence electrons. The molecule has 0 aliphatic rings. The Morgan fingerprint density at radius 2 is 2.12 bits per heavy atom. The van der Waals surface area contributed by atoms with E-state index in [1.807, 2.05) is 12.1 Å². The lowest BCUT2D eigenvalue weighted by molar-refractivity contribution is 0.670. The summed E-state index contributed by atoms with van der Waals surface area (Å²) in [7, 11) is 0. The van der Waals surface area contributed by atoms with Crippen molar-refractivity contribution in [1.82, 2.24) is 0 Å². The van der Waals surface area contributed by atoms with E-state index < -0.39 is 0 Å². The topological polar surface area (TPSA) is 27.0 Å². The van der Waals surface area contributed by atoms with Gasteiger partial charge in [0.05, 0.1) is 16.3 Å². The van der Waals surface area contributed by atoms with Gasteiger partial charge in [-0.2, -0.15) is 5.26 Å². The third-order valence-corrected chi connectivity index (χ3v) is 2.82. The molecule has 0 aliphatic carbocycles. The summed E-state index contributed by atoms with van der Waals surface area (Å²) in [6.07, 6.45) is 1.05. The molecule has 0 radical (unpaired) electrons. The van der Waals surface area contributed by atoms with Crippen molar-refractivity contribution in [3.8, 4) is 6.07 Å². The number of nitriles is 1. The van der Waals surface area contributed by atoms with Crippen LogP contribution in [0.25, 0.3) is 0 Å². The van der Waals surface area contributed by atoms with Gasteiger partial charge in [-0.1, -0.05) is 24.6 Å². The fraction of sp³-hybridized carbons (Fsp3) is 0.462. The normalized spacial score (nSPS) is 10.2. The minimum absolute atomic E-state index is 0.366. The molecule has 0 aromatic heterocycles. The van der Waals surface area contributed by atoms with E-state index in [-0.39, 0.29) is 0 Å². The van der Waals surface area contributed by atoms with Gasteiger partial charge in [-0.05, 0) is 32.4 Å².